The minimum absolute atomic E-state index is 0. The summed E-state index contributed by atoms with van der Waals surface area (Å²) in [7, 11) is 0. The molecule has 0 spiro atoms. The molecular weight excluding hydrogens is 426 g/mol. The molecular formula is C22H18Cl2Zr. The van der Waals surface area contributed by atoms with Crippen LogP contribution in [0.5, 0.6) is 0 Å². The van der Waals surface area contributed by atoms with Gasteiger partial charge in [-0.3, -0.25) is 0 Å². The van der Waals surface area contributed by atoms with Crippen LogP contribution in [0.3, 0.4) is 0 Å². The second kappa shape index (κ2) is 13.0. The smallest absolute Gasteiger partial charge is 1.00 e. The molecule has 0 atom stereocenters. The van der Waals surface area contributed by atoms with Crippen molar-refractivity contribution in [3.05, 3.63) is 114 Å². The molecule has 3 aromatic rings. The van der Waals surface area contributed by atoms with Crippen molar-refractivity contribution in [3.8, 4) is 0 Å². The third-order valence-electron chi connectivity index (χ3n) is 3.57. The van der Waals surface area contributed by atoms with Crippen molar-refractivity contribution in [2.45, 2.75) is 6.42 Å². The summed E-state index contributed by atoms with van der Waals surface area (Å²) in [4.78, 5) is 0. The molecule has 4 rings (SSSR count). The summed E-state index contributed by atoms with van der Waals surface area (Å²) in [6.07, 6.45) is 12.4. The summed E-state index contributed by atoms with van der Waals surface area (Å²) in [6.45, 7) is 0. The summed E-state index contributed by atoms with van der Waals surface area (Å²) in [5.41, 5.74) is 2.53. The first kappa shape index (κ1) is 23.7. The molecule has 3 aromatic carbocycles. The molecule has 0 N–H and O–H groups in total. The third-order valence-corrected chi connectivity index (χ3v) is 3.57. The second-order valence-electron chi connectivity index (χ2n) is 5.17. The van der Waals surface area contributed by atoms with E-state index < -0.39 is 0 Å². The fourth-order valence-corrected chi connectivity index (χ4v) is 2.38. The molecule has 0 saturated heterocycles. The average Bonchev–Trinajstić information content (AvgIpc) is 3.26. The minimum atomic E-state index is 0. The van der Waals surface area contributed by atoms with E-state index in [0.29, 0.717) is 0 Å². The monoisotopic (exact) mass is 442 g/mol. The predicted molar refractivity (Wildman–Crippen MR) is 94.7 cm³/mol. The quantitative estimate of drug-likeness (QED) is 0.474. The fraction of sp³-hybridized carbons (Fsp3) is 0.0455. The van der Waals surface area contributed by atoms with Crippen LogP contribution in [0, 0.1) is 6.08 Å². The summed E-state index contributed by atoms with van der Waals surface area (Å²) in [5.74, 6) is 0. The summed E-state index contributed by atoms with van der Waals surface area (Å²) in [6, 6.07) is 25.1. The SMILES string of the molecule is [C-]1=CC=CC1=CCc1ccccc1.[Cl-].[Cl-].[Zr+4].c1ccc2[cH-]ccc2c1. The zero-order valence-corrected chi connectivity index (χ0v) is 17.7. The molecule has 0 aromatic heterocycles. The first-order valence-corrected chi connectivity index (χ1v) is 7.53. The summed E-state index contributed by atoms with van der Waals surface area (Å²) < 4.78 is 0. The van der Waals surface area contributed by atoms with Crippen LogP contribution in [0.4, 0.5) is 0 Å². The summed E-state index contributed by atoms with van der Waals surface area (Å²) in [5, 5.41) is 2.66. The van der Waals surface area contributed by atoms with Crippen LogP contribution in [0.2, 0.25) is 0 Å². The van der Waals surface area contributed by atoms with Crippen LogP contribution in [-0.4, -0.2) is 0 Å². The van der Waals surface area contributed by atoms with Gasteiger partial charge < -0.3 is 24.8 Å². The Kier molecular flexibility index (Phi) is 12.3. The molecule has 0 unspecified atom stereocenters. The molecule has 0 radical (unpaired) electrons. The Balaban J connectivity index is 0.000000430. The van der Waals surface area contributed by atoms with Crippen LogP contribution < -0.4 is 24.8 Å². The van der Waals surface area contributed by atoms with Crippen molar-refractivity contribution in [1.29, 1.82) is 0 Å². The number of halogens is 2. The van der Waals surface area contributed by atoms with Crippen LogP contribution in [0.25, 0.3) is 10.8 Å². The van der Waals surface area contributed by atoms with Gasteiger partial charge in [0.05, 0.1) is 0 Å². The van der Waals surface area contributed by atoms with E-state index in [0.717, 1.165) is 6.42 Å². The molecule has 0 amide bonds. The third kappa shape index (κ3) is 7.65. The van der Waals surface area contributed by atoms with Gasteiger partial charge in [0.1, 0.15) is 0 Å². The standard InChI is InChI=1S/C13H11.C9H7.2ClH.Zr/c1-2-6-12(7-3-1)10-11-13-8-4-5-9-13;1-2-5-9-7-3-6-8(9)4-1;;;/h1-8,11H,10H2;1-7H;2*1H;/q2*-1;;;+4/p-2. The topological polar surface area (TPSA) is 0 Å². The average molecular weight is 445 g/mol. The van der Waals surface area contributed by atoms with Gasteiger partial charge in [0.2, 0.25) is 0 Å². The predicted octanol–water partition coefficient (Wildman–Crippen LogP) is -0.351. The maximum absolute atomic E-state index is 3.15. The van der Waals surface area contributed by atoms with E-state index in [4.69, 9.17) is 0 Å². The number of hydrogen-bond donors (Lipinski definition) is 0. The Morgan fingerprint density at radius 3 is 2.28 bits per heavy atom. The van der Waals surface area contributed by atoms with E-state index in [2.05, 4.69) is 85.0 Å². The minimum Gasteiger partial charge on any atom is -1.00 e. The largest absolute Gasteiger partial charge is 4.00 e. The molecule has 3 heteroatoms. The molecule has 0 heterocycles. The normalized spacial score (nSPS) is 12.6. The number of hydrogen-bond acceptors (Lipinski definition) is 0. The molecule has 0 saturated carbocycles. The van der Waals surface area contributed by atoms with Crippen molar-refractivity contribution < 1.29 is 51.0 Å². The first-order chi connectivity index (χ1) is 10.9. The molecule has 25 heavy (non-hydrogen) atoms. The van der Waals surface area contributed by atoms with Crippen molar-refractivity contribution in [2.75, 3.05) is 0 Å². The maximum atomic E-state index is 3.15. The van der Waals surface area contributed by atoms with Crippen molar-refractivity contribution in [1.82, 2.24) is 0 Å². The van der Waals surface area contributed by atoms with Gasteiger partial charge in [-0.25, -0.2) is 0 Å². The molecule has 1 aliphatic carbocycles. The van der Waals surface area contributed by atoms with E-state index in [9.17, 15) is 0 Å². The van der Waals surface area contributed by atoms with Gasteiger partial charge in [-0.2, -0.15) is 47.4 Å². The van der Waals surface area contributed by atoms with E-state index in [1.54, 1.807) is 0 Å². The van der Waals surface area contributed by atoms with E-state index in [1.807, 2.05) is 18.2 Å². The van der Waals surface area contributed by atoms with Gasteiger partial charge in [-0.1, -0.05) is 42.0 Å². The van der Waals surface area contributed by atoms with E-state index >= 15 is 0 Å². The van der Waals surface area contributed by atoms with Crippen LogP contribution in [-0.2, 0) is 32.6 Å². The van der Waals surface area contributed by atoms with Gasteiger partial charge >= 0.3 is 26.2 Å². The summed E-state index contributed by atoms with van der Waals surface area (Å²) >= 11 is 0. The van der Waals surface area contributed by atoms with Gasteiger partial charge in [-0.05, 0) is 6.42 Å². The van der Waals surface area contributed by atoms with Gasteiger partial charge in [-0.15, -0.1) is 35.7 Å². The van der Waals surface area contributed by atoms with Crippen LogP contribution in [0.15, 0.2) is 103 Å². The van der Waals surface area contributed by atoms with Gasteiger partial charge in [0.25, 0.3) is 0 Å². The zero-order valence-electron chi connectivity index (χ0n) is 13.7. The second-order valence-corrected chi connectivity index (χ2v) is 5.17. The maximum Gasteiger partial charge on any atom is 4.00 e. The molecule has 0 bridgehead atoms. The van der Waals surface area contributed by atoms with Crippen LogP contribution >= 0.6 is 0 Å². The Morgan fingerprint density at radius 1 is 0.880 bits per heavy atom. The van der Waals surface area contributed by atoms with E-state index in [-0.39, 0.29) is 51.0 Å². The molecule has 1 aliphatic rings. The molecule has 0 nitrogen and oxygen atoms in total. The Bertz CT molecular complexity index is 770. The Labute approximate surface area is 181 Å². The Hall–Kier alpha value is -1.27. The molecule has 124 valence electrons. The van der Waals surface area contributed by atoms with Gasteiger partial charge in [0.15, 0.2) is 0 Å². The Morgan fingerprint density at radius 2 is 1.60 bits per heavy atom. The van der Waals surface area contributed by atoms with Crippen molar-refractivity contribution in [2.24, 2.45) is 0 Å². The van der Waals surface area contributed by atoms with Gasteiger partial charge in [0, 0.05) is 0 Å². The van der Waals surface area contributed by atoms with Crippen LogP contribution in [0.1, 0.15) is 5.56 Å². The van der Waals surface area contributed by atoms with Crippen molar-refractivity contribution >= 4 is 10.8 Å². The number of fused-ring (bicyclic) bond motifs is 1. The first-order valence-electron chi connectivity index (χ1n) is 7.53. The molecule has 0 fully saturated rings. The zero-order chi connectivity index (χ0) is 15.0. The van der Waals surface area contributed by atoms with Crippen molar-refractivity contribution in [3.63, 3.8) is 0 Å². The van der Waals surface area contributed by atoms with E-state index in [1.165, 1.54) is 21.9 Å². The molecule has 0 aliphatic heterocycles. The fourth-order valence-electron chi connectivity index (χ4n) is 2.38. The number of benzene rings is 2. The number of rotatable bonds is 2. The number of allylic oxidation sites excluding steroid dienone is 6.